The summed E-state index contributed by atoms with van der Waals surface area (Å²) in [6.45, 7) is 1.79. The number of halogens is 1. The third kappa shape index (κ3) is 3.77. The zero-order valence-corrected chi connectivity index (χ0v) is 12.0. The average molecular weight is 302 g/mol. The summed E-state index contributed by atoms with van der Waals surface area (Å²) < 4.78 is 0. The molecule has 2 rings (SSSR count). The Hall–Kier alpha value is -2.46. The topological polar surface area (TPSA) is 67.3 Å². The van der Waals surface area contributed by atoms with Gasteiger partial charge >= 0.3 is 5.97 Å². The highest BCUT2D eigenvalue weighted by Crippen LogP contribution is 2.17. The minimum Gasteiger partial charge on any atom is -0.478 e. The van der Waals surface area contributed by atoms with Gasteiger partial charge in [-0.15, -0.1) is 0 Å². The number of rotatable bonds is 4. The Morgan fingerprint density at radius 2 is 2.00 bits per heavy atom. The van der Waals surface area contributed by atoms with E-state index in [0.29, 0.717) is 10.6 Å². The Balaban J connectivity index is 2.44. The molecular formula is C16H12ClNO3. The number of aryl methyl sites for hydroxylation is 1. The molecule has 1 heterocycles. The average Bonchev–Trinajstić information content (AvgIpc) is 2.44. The van der Waals surface area contributed by atoms with Gasteiger partial charge in [-0.05, 0) is 42.8 Å². The van der Waals surface area contributed by atoms with Gasteiger partial charge in [-0.2, -0.15) is 0 Å². The van der Waals surface area contributed by atoms with E-state index >= 15 is 0 Å². The van der Waals surface area contributed by atoms with Crippen molar-refractivity contribution in [1.29, 1.82) is 0 Å². The Morgan fingerprint density at radius 3 is 2.62 bits per heavy atom. The van der Waals surface area contributed by atoms with Crippen LogP contribution in [0.2, 0.25) is 5.02 Å². The quantitative estimate of drug-likeness (QED) is 0.407. The van der Waals surface area contributed by atoms with Crippen LogP contribution in [0.5, 0.6) is 0 Å². The maximum absolute atomic E-state index is 12.3. The number of carbonyl (C=O) groups is 2. The maximum Gasteiger partial charge on any atom is 0.339 e. The van der Waals surface area contributed by atoms with E-state index in [1.807, 2.05) is 0 Å². The van der Waals surface area contributed by atoms with Crippen LogP contribution in [0.1, 0.15) is 21.6 Å². The van der Waals surface area contributed by atoms with E-state index in [-0.39, 0.29) is 11.1 Å². The molecular weight excluding hydrogens is 290 g/mol. The van der Waals surface area contributed by atoms with Gasteiger partial charge in [0.25, 0.3) is 0 Å². The Morgan fingerprint density at radius 1 is 1.24 bits per heavy atom. The lowest BCUT2D eigenvalue weighted by molar-refractivity contribution is -0.132. The number of hydrogen-bond donors (Lipinski definition) is 1. The van der Waals surface area contributed by atoms with Crippen LogP contribution >= 0.6 is 11.6 Å². The van der Waals surface area contributed by atoms with Gasteiger partial charge in [-0.3, -0.25) is 9.78 Å². The standard InChI is InChI=1S/C16H12ClNO3/c1-10-7-11(5-6-18-10)8-14(16(20)21)15(19)12-3-2-4-13(17)9-12/h2-9H,1H3,(H,20,21). The van der Waals surface area contributed by atoms with E-state index in [0.717, 1.165) is 5.69 Å². The van der Waals surface area contributed by atoms with Crippen molar-refractivity contribution in [2.24, 2.45) is 0 Å². The predicted octanol–water partition coefficient (Wildman–Crippen LogP) is 3.39. The number of benzene rings is 1. The second-order valence-electron chi connectivity index (χ2n) is 4.43. The summed E-state index contributed by atoms with van der Waals surface area (Å²) in [5, 5.41) is 9.65. The Kier molecular flexibility index (Phi) is 4.50. The van der Waals surface area contributed by atoms with E-state index in [2.05, 4.69) is 4.98 Å². The molecule has 0 spiro atoms. The SMILES string of the molecule is Cc1cc(C=C(C(=O)O)C(=O)c2cccc(Cl)c2)ccn1. The highest BCUT2D eigenvalue weighted by atomic mass is 35.5. The third-order valence-corrected chi connectivity index (χ3v) is 3.03. The number of nitrogens with zero attached hydrogens (tertiary/aromatic N) is 1. The minimum absolute atomic E-state index is 0.238. The van der Waals surface area contributed by atoms with Gasteiger partial charge < -0.3 is 5.11 Å². The summed E-state index contributed by atoms with van der Waals surface area (Å²) in [5.41, 5.74) is 1.27. The first-order chi connectivity index (χ1) is 9.97. The summed E-state index contributed by atoms with van der Waals surface area (Å²) in [6.07, 6.45) is 2.89. The zero-order valence-electron chi connectivity index (χ0n) is 11.2. The van der Waals surface area contributed by atoms with Crippen molar-refractivity contribution < 1.29 is 14.7 Å². The molecule has 0 aliphatic rings. The second-order valence-corrected chi connectivity index (χ2v) is 4.87. The lowest BCUT2D eigenvalue weighted by Crippen LogP contribution is -2.12. The summed E-state index contributed by atoms with van der Waals surface area (Å²) >= 11 is 5.83. The first-order valence-electron chi connectivity index (χ1n) is 6.15. The zero-order chi connectivity index (χ0) is 15.4. The Labute approximate surface area is 126 Å². The van der Waals surface area contributed by atoms with Crippen LogP contribution in [0.4, 0.5) is 0 Å². The smallest absolute Gasteiger partial charge is 0.339 e. The molecule has 2 aromatic rings. The highest BCUT2D eigenvalue weighted by molar-refractivity contribution is 6.32. The van der Waals surface area contributed by atoms with Gasteiger partial charge in [-0.1, -0.05) is 23.7 Å². The van der Waals surface area contributed by atoms with Gasteiger partial charge in [0.1, 0.15) is 5.57 Å². The molecule has 1 aromatic carbocycles. The molecule has 0 saturated carbocycles. The monoisotopic (exact) mass is 301 g/mol. The number of ketones is 1. The molecule has 4 nitrogen and oxygen atoms in total. The fourth-order valence-electron chi connectivity index (χ4n) is 1.83. The molecule has 1 aromatic heterocycles. The predicted molar refractivity (Wildman–Crippen MR) is 80.4 cm³/mol. The summed E-state index contributed by atoms with van der Waals surface area (Å²) in [5.74, 6) is -1.87. The molecule has 0 saturated heterocycles. The van der Waals surface area contributed by atoms with Gasteiger partial charge in [0.15, 0.2) is 5.78 Å². The molecule has 1 N–H and O–H groups in total. The summed E-state index contributed by atoms with van der Waals surface area (Å²) in [7, 11) is 0. The maximum atomic E-state index is 12.3. The molecule has 0 bridgehead atoms. The molecule has 0 atom stereocenters. The van der Waals surface area contributed by atoms with E-state index in [4.69, 9.17) is 11.6 Å². The molecule has 0 aliphatic heterocycles. The van der Waals surface area contributed by atoms with Gasteiger partial charge in [0.2, 0.25) is 0 Å². The molecule has 0 unspecified atom stereocenters. The number of aromatic nitrogens is 1. The van der Waals surface area contributed by atoms with Crippen molar-refractivity contribution in [3.05, 3.63) is 70.0 Å². The molecule has 5 heteroatoms. The number of carbonyl (C=O) groups excluding carboxylic acids is 1. The lowest BCUT2D eigenvalue weighted by atomic mass is 10.0. The highest BCUT2D eigenvalue weighted by Gasteiger charge is 2.19. The van der Waals surface area contributed by atoms with E-state index in [9.17, 15) is 14.7 Å². The molecule has 0 radical (unpaired) electrons. The number of Topliss-reactive ketones (excluding diaryl/α,β-unsaturated/α-hetero) is 1. The number of aliphatic carboxylic acids is 1. The van der Waals surface area contributed by atoms with Crippen molar-refractivity contribution in [3.8, 4) is 0 Å². The van der Waals surface area contributed by atoms with E-state index in [1.54, 1.807) is 37.4 Å². The number of carboxylic acids is 1. The fourth-order valence-corrected chi connectivity index (χ4v) is 2.02. The normalized spacial score (nSPS) is 11.2. The first-order valence-corrected chi connectivity index (χ1v) is 6.53. The number of carboxylic acid groups (broad SMARTS) is 1. The number of hydrogen-bond acceptors (Lipinski definition) is 3. The van der Waals surface area contributed by atoms with Gasteiger partial charge in [0, 0.05) is 22.5 Å². The van der Waals surface area contributed by atoms with Gasteiger partial charge in [0.05, 0.1) is 0 Å². The Bertz CT molecular complexity index is 738. The molecule has 0 amide bonds. The summed E-state index contributed by atoms with van der Waals surface area (Å²) in [6, 6.07) is 9.54. The van der Waals surface area contributed by atoms with Crippen LogP contribution in [-0.4, -0.2) is 21.8 Å². The number of pyridine rings is 1. The summed E-state index contributed by atoms with van der Waals surface area (Å²) in [4.78, 5) is 27.7. The lowest BCUT2D eigenvalue weighted by Gasteiger charge is -2.03. The minimum atomic E-state index is -1.28. The fraction of sp³-hybridized carbons (Fsp3) is 0.0625. The van der Waals surface area contributed by atoms with Crippen molar-refractivity contribution in [2.75, 3.05) is 0 Å². The van der Waals surface area contributed by atoms with Crippen LogP contribution in [0.25, 0.3) is 6.08 Å². The molecule has 0 aliphatic carbocycles. The van der Waals surface area contributed by atoms with Crippen molar-refractivity contribution in [2.45, 2.75) is 6.92 Å². The van der Waals surface area contributed by atoms with Crippen LogP contribution in [0, 0.1) is 6.92 Å². The van der Waals surface area contributed by atoms with Crippen LogP contribution in [0.3, 0.4) is 0 Å². The second kappa shape index (κ2) is 6.33. The first kappa shape index (κ1) is 14.9. The van der Waals surface area contributed by atoms with Crippen molar-refractivity contribution >= 4 is 29.4 Å². The van der Waals surface area contributed by atoms with E-state index < -0.39 is 11.8 Å². The largest absolute Gasteiger partial charge is 0.478 e. The van der Waals surface area contributed by atoms with Crippen LogP contribution in [0.15, 0.2) is 48.2 Å². The molecule has 21 heavy (non-hydrogen) atoms. The van der Waals surface area contributed by atoms with Crippen LogP contribution in [-0.2, 0) is 4.79 Å². The molecule has 106 valence electrons. The third-order valence-electron chi connectivity index (χ3n) is 2.79. The molecule has 0 fully saturated rings. The van der Waals surface area contributed by atoms with Crippen molar-refractivity contribution in [1.82, 2.24) is 4.98 Å². The van der Waals surface area contributed by atoms with E-state index in [1.165, 1.54) is 18.2 Å². The van der Waals surface area contributed by atoms with Crippen LogP contribution < -0.4 is 0 Å². The van der Waals surface area contributed by atoms with Crippen molar-refractivity contribution in [3.63, 3.8) is 0 Å². The van der Waals surface area contributed by atoms with Gasteiger partial charge in [-0.25, -0.2) is 4.79 Å².